The molecule has 0 aromatic heterocycles. The third-order valence-electron chi connectivity index (χ3n) is 2.53. The van der Waals surface area contributed by atoms with Gasteiger partial charge in [-0.2, -0.15) is 0 Å². The molecule has 0 aliphatic rings. The number of ketones is 1. The average molecular weight is 226 g/mol. The normalized spacial score (nSPS) is 11.8. The number of Topliss-reactive ketones (excluding diaryl/α,β-unsaturated/α-hetero) is 1. The van der Waals surface area contributed by atoms with Gasteiger partial charge in [0, 0.05) is 24.3 Å². The second kappa shape index (κ2) is 5.19. The summed E-state index contributed by atoms with van der Waals surface area (Å²) in [6.07, 6.45) is -0.479. The van der Waals surface area contributed by atoms with Crippen molar-refractivity contribution in [3.05, 3.63) is 35.9 Å². The molecular formula is C13H16F2O. The molecule has 3 heteroatoms. The van der Waals surface area contributed by atoms with Gasteiger partial charge in [0.1, 0.15) is 5.78 Å². The van der Waals surface area contributed by atoms with Crippen LogP contribution in [0.1, 0.15) is 32.3 Å². The van der Waals surface area contributed by atoms with Gasteiger partial charge >= 0.3 is 0 Å². The van der Waals surface area contributed by atoms with Crippen molar-refractivity contribution in [2.75, 3.05) is 0 Å². The minimum absolute atomic E-state index is 0.0217. The summed E-state index contributed by atoms with van der Waals surface area (Å²) in [7, 11) is 0. The first-order valence-corrected chi connectivity index (χ1v) is 5.39. The molecule has 0 spiro atoms. The minimum Gasteiger partial charge on any atom is -0.299 e. The van der Waals surface area contributed by atoms with Gasteiger partial charge in [0.15, 0.2) is 0 Å². The summed E-state index contributed by atoms with van der Waals surface area (Å²) in [5.74, 6) is -3.20. The number of halogens is 2. The number of carbonyl (C=O) groups excluding carboxylic acids is 1. The zero-order valence-electron chi connectivity index (χ0n) is 9.54. The number of alkyl halides is 2. The minimum atomic E-state index is -2.91. The van der Waals surface area contributed by atoms with E-state index in [1.807, 2.05) is 0 Å². The maximum absolute atomic E-state index is 13.6. The molecule has 0 N–H and O–H groups in total. The molecule has 1 aromatic rings. The van der Waals surface area contributed by atoms with Crippen molar-refractivity contribution in [2.24, 2.45) is 5.92 Å². The molecule has 0 heterocycles. The van der Waals surface area contributed by atoms with Crippen molar-refractivity contribution in [3.8, 4) is 0 Å². The van der Waals surface area contributed by atoms with Crippen molar-refractivity contribution in [1.29, 1.82) is 0 Å². The molecule has 0 aliphatic heterocycles. The Hall–Kier alpha value is -1.25. The van der Waals surface area contributed by atoms with E-state index in [-0.39, 0.29) is 23.7 Å². The zero-order chi connectivity index (χ0) is 12.2. The topological polar surface area (TPSA) is 17.1 Å². The maximum atomic E-state index is 13.6. The zero-order valence-corrected chi connectivity index (χ0v) is 9.54. The van der Waals surface area contributed by atoms with Gasteiger partial charge in [-0.25, -0.2) is 8.78 Å². The molecule has 1 aromatic carbocycles. The van der Waals surface area contributed by atoms with E-state index in [1.165, 1.54) is 12.1 Å². The first kappa shape index (κ1) is 12.8. The summed E-state index contributed by atoms with van der Waals surface area (Å²) in [6, 6.07) is 7.62. The monoisotopic (exact) mass is 226 g/mol. The Morgan fingerprint density at radius 3 is 2.31 bits per heavy atom. The standard InChI is InChI=1S/C13H16F2O/c1-10(2)12(16)8-9-13(14,15)11-6-4-3-5-7-11/h3-7,10H,8-9H2,1-2H3. The Morgan fingerprint density at radius 2 is 1.81 bits per heavy atom. The highest BCUT2D eigenvalue weighted by Gasteiger charge is 2.31. The van der Waals surface area contributed by atoms with Crippen LogP contribution in [0.4, 0.5) is 8.78 Å². The SMILES string of the molecule is CC(C)C(=O)CCC(F)(F)c1ccccc1. The largest absolute Gasteiger partial charge is 0.299 e. The summed E-state index contributed by atoms with van der Waals surface area (Å²) in [5.41, 5.74) is -0.0217. The molecule has 0 amide bonds. The summed E-state index contributed by atoms with van der Waals surface area (Å²) in [4.78, 5) is 11.3. The molecule has 0 aliphatic carbocycles. The van der Waals surface area contributed by atoms with E-state index in [0.29, 0.717) is 0 Å². The lowest BCUT2D eigenvalue weighted by atomic mass is 9.98. The Balaban J connectivity index is 2.63. The molecule has 1 rings (SSSR count). The lowest BCUT2D eigenvalue weighted by Gasteiger charge is -2.16. The predicted molar refractivity (Wildman–Crippen MR) is 59.4 cm³/mol. The maximum Gasteiger partial charge on any atom is 0.273 e. The van der Waals surface area contributed by atoms with Crippen LogP contribution in [0.15, 0.2) is 30.3 Å². The quantitative estimate of drug-likeness (QED) is 0.746. The molecule has 88 valence electrons. The second-order valence-electron chi connectivity index (χ2n) is 4.19. The molecular weight excluding hydrogens is 210 g/mol. The Morgan fingerprint density at radius 1 is 1.25 bits per heavy atom. The summed E-state index contributed by atoms with van der Waals surface area (Å²) >= 11 is 0. The lowest BCUT2D eigenvalue weighted by Crippen LogP contribution is -2.17. The highest BCUT2D eigenvalue weighted by molar-refractivity contribution is 5.80. The molecule has 0 unspecified atom stereocenters. The van der Waals surface area contributed by atoms with Crippen LogP contribution in [0.25, 0.3) is 0 Å². The summed E-state index contributed by atoms with van der Waals surface area (Å²) in [6.45, 7) is 3.45. The predicted octanol–water partition coefficient (Wildman–Crippen LogP) is 3.78. The fraction of sp³-hybridized carbons (Fsp3) is 0.462. The molecule has 0 atom stereocenters. The lowest BCUT2D eigenvalue weighted by molar-refractivity contribution is -0.124. The van der Waals surface area contributed by atoms with E-state index in [2.05, 4.69) is 0 Å². The smallest absolute Gasteiger partial charge is 0.273 e. The molecule has 0 saturated carbocycles. The fourth-order valence-corrected chi connectivity index (χ4v) is 1.40. The third kappa shape index (κ3) is 3.40. The van der Waals surface area contributed by atoms with Gasteiger partial charge in [0.25, 0.3) is 5.92 Å². The van der Waals surface area contributed by atoms with Crippen LogP contribution in [0, 0.1) is 5.92 Å². The van der Waals surface area contributed by atoms with Gasteiger partial charge in [-0.05, 0) is 0 Å². The molecule has 0 saturated heterocycles. The van der Waals surface area contributed by atoms with Crippen molar-refractivity contribution in [2.45, 2.75) is 32.6 Å². The van der Waals surface area contributed by atoms with Gasteiger partial charge < -0.3 is 0 Å². The van der Waals surface area contributed by atoms with Crippen LogP contribution in [0.2, 0.25) is 0 Å². The van der Waals surface area contributed by atoms with Gasteiger partial charge in [0.05, 0.1) is 0 Å². The van der Waals surface area contributed by atoms with Gasteiger partial charge in [0.2, 0.25) is 0 Å². The first-order chi connectivity index (χ1) is 7.43. The molecule has 0 radical (unpaired) electrons. The van der Waals surface area contributed by atoms with Crippen molar-refractivity contribution in [1.82, 2.24) is 0 Å². The fourth-order valence-electron chi connectivity index (χ4n) is 1.40. The molecule has 16 heavy (non-hydrogen) atoms. The van der Waals surface area contributed by atoms with E-state index < -0.39 is 12.3 Å². The Kier molecular flexibility index (Phi) is 4.16. The van der Waals surface area contributed by atoms with Gasteiger partial charge in [-0.3, -0.25) is 4.79 Å². The van der Waals surface area contributed by atoms with Crippen LogP contribution < -0.4 is 0 Å². The number of rotatable bonds is 5. The highest BCUT2D eigenvalue weighted by atomic mass is 19.3. The van der Waals surface area contributed by atoms with Crippen LogP contribution in [-0.2, 0) is 10.7 Å². The third-order valence-corrected chi connectivity index (χ3v) is 2.53. The Labute approximate surface area is 94.5 Å². The number of benzene rings is 1. The molecule has 0 bridgehead atoms. The van der Waals surface area contributed by atoms with E-state index >= 15 is 0 Å². The number of hydrogen-bond donors (Lipinski definition) is 0. The number of carbonyl (C=O) groups is 1. The van der Waals surface area contributed by atoms with Gasteiger partial charge in [-0.1, -0.05) is 44.2 Å². The van der Waals surface area contributed by atoms with Crippen molar-refractivity contribution < 1.29 is 13.6 Å². The van der Waals surface area contributed by atoms with Crippen LogP contribution in [0.5, 0.6) is 0 Å². The summed E-state index contributed by atoms with van der Waals surface area (Å²) in [5, 5.41) is 0. The van der Waals surface area contributed by atoms with Crippen LogP contribution in [0.3, 0.4) is 0 Å². The Bertz CT molecular complexity index is 344. The summed E-state index contributed by atoms with van der Waals surface area (Å²) < 4.78 is 27.3. The van der Waals surface area contributed by atoms with E-state index in [0.717, 1.165) is 0 Å². The van der Waals surface area contributed by atoms with E-state index in [4.69, 9.17) is 0 Å². The molecule has 0 fully saturated rings. The highest BCUT2D eigenvalue weighted by Crippen LogP contribution is 2.32. The first-order valence-electron chi connectivity index (χ1n) is 5.39. The van der Waals surface area contributed by atoms with E-state index in [9.17, 15) is 13.6 Å². The van der Waals surface area contributed by atoms with Crippen molar-refractivity contribution >= 4 is 5.78 Å². The van der Waals surface area contributed by atoms with Gasteiger partial charge in [-0.15, -0.1) is 0 Å². The van der Waals surface area contributed by atoms with E-state index in [1.54, 1.807) is 32.0 Å². The average Bonchev–Trinajstić information content (AvgIpc) is 2.27. The van der Waals surface area contributed by atoms with Crippen LogP contribution in [-0.4, -0.2) is 5.78 Å². The second-order valence-corrected chi connectivity index (χ2v) is 4.19. The number of hydrogen-bond acceptors (Lipinski definition) is 1. The molecule has 1 nitrogen and oxygen atoms in total. The van der Waals surface area contributed by atoms with Crippen molar-refractivity contribution in [3.63, 3.8) is 0 Å². The van der Waals surface area contributed by atoms with Crippen LogP contribution >= 0.6 is 0 Å².